The largest absolute Gasteiger partial charge is 0.479 e. The topological polar surface area (TPSA) is 48.1 Å². The molecule has 0 aliphatic rings. The predicted molar refractivity (Wildman–Crippen MR) is 78.4 cm³/mol. The maximum Gasteiger partial charge on any atom is 0.242 e. The van der Waals surface area contributed by atoms with Crippen molar-refractivity contribution < 1.29 is 9.57 Å². The molecular weight excluding hydrogens is 274 g/mol. The van der Waals surface area contributed by atoms with E-state index < -0.39 is 0 Å². The molecule has 0 atom stereocenters. The highest BCUT2D eigenvalue weighted by Gasteiger charge is 2.11. The van der Waals surface area contributed by atoms with E-state index in [1.165, 1.54) is 0 Å². The Morgan fingerprint density at radius 3 is 3.00 bits per heavy atom. The van der Waals surface area contributed by atoms with E-state index in [0.717, 1.165) is 16.2 Å². The minimum atomic E-state index is 0.436. The lowest BCUT2D eigenvalue weighted by molar-refractivity contribution is 0.132. The smallest absolute Gasteiger partial charge is 0.242 e. The van der Waals surface area contributed by atoms with Crippen molar-refractivity contribution in [2.45, 2.75) is 6.61 Å². The molecule has 0 amide bonds. The van der Waals surface area contributed by atoms with Gasteiger partial charge in [0.15, 0.2) is 4.96 Å². The van der Waals surface area contributed by atoms with E-state index in [-0.39, 0.29) is 0 Å². The zero-order valence-electron chi connectivity index (χ0n) is 10.9. The summed E-state index contributed by atoms with van der Waals surface area (Å²) in [6.45, 7) is 0.436. The molecule has 0 fully saturated rings. The van der Waals surface area contributed by atoms with Crippen LogP contribution < -0.4 is 4.74 Å². The summed E-state index contributed by atoms with van der Waals surface area (Å²) >= 11 is 1.54. The molecule has 1 aromatic carbocycles. The van der Waals surface area contributed by atoms with Crippen LogP contribution in [0.5, 0.6) is 5.88 Å². The quantitative estimate of drug-likeness (QED) is 0.535. The number of thiazole rings is 1. The third kappa shape index (κ3) is 2.50. The second kappa shape index (κ2) is 5.75. The first-order valence-corrected chi connectivity index (χ1v) is 6.95. The Morgan fingerprint density at radius 2 is 2.20 bits per heavy atom. The van der Waals surface area contributed by atoms with Gasteiger partial charge in [0.2, 0.25) is 5.88 Å². The number of imidazole rings is 1. The summed E-state index contributed by atoms with van der Waals surface area (Å²) in [5.74, 6) is 0.545. The van der Waals surface area contributed by atoms with E-state index in [1.807, 2.05) is 46.3 Å². The molecule has 0 bridgehead atoms. The van der Waals surface area contributed by atoms with Crippen molar-refractivity contribution in [1.82, 2.24) is 9.38 Å². The highest BCUT2D eigenvalue weighted by atomic mass is 32.1. The fraction of sp³-hybridized carbons (Fsp3) is 0.143. The number of rotatable bonds is 5. The van der Waals surface area contributed by atoms with Gasteiger partial charge in [-0.25, -0.2) is 0 Å². The van der Waals surface area contributed by atoms with Gasteiger partial charge in [-0.2, -0.15) is 4.98 Å². The first-order valence-electron chi connectivity index (χ1n) is 6.07. The van der Waals surface area contributed by atoms with Crippen LogP contribution in [0.25, 0.3) is 4.96 Å². The van der Waals surface area contributed by atoms with Gasteiger partial charge in [0.05, 0.1) is 13.3 Å². The molecule has 3 aromatic rings. The van der Waals surface area contributed by atoms with Gasteiger partial charge in [-0.15, -0.1) is 11.3 Å². The lowest BCUT2D eigenvalue weighted by atomic mass is 10.2. The first kappa shape index (κ1) is 12.7. The monoisotopic (exact) mass is 287 g/mol. The van der Waals surface area contributed by atoms with Gasteiger partial charge in [0.25, 0.3) is 0 Å². The lowest BCUT2D eigenvalue weighted by Gasteiger charge is -1.99. The molecule has 0 saturated heterocycles. The van der Waals surface area contributed by atoms with Crippen molar-refractivity contribution in [3.63, 3.8) is 0 Å². The van der Waals surface area contributed by atoms with E-state index in [0.29, 0.717) is 12.5 Å². The zero-order valence-corrected chi connectivity index (χ0v) is 11.7. The van der Waals surface area contributed by atoms with Gasteiger partial charge in [-0.05, 0) is 5.56 Å². The van der Waals surface area contributed by atoms with E-state index in [9.17, 15) is 0 Å². The number of aromatic nitrogens is 2. The minimum Gasteiger partial charge on any atom is -0.479 e. The van der Waals surface area contributed by atoms with E-state index in [2.05, 4.69) is 10.1 Å². The van der Waals surface area contributed by atoms with E-state index >= 15 is 0 Å². The Hall–Kier alpha value is -2.34. The van der Waals surface area contributed by atoms with Crippen LogP contribution in [0.3, 0.4) is 0 Å². The molecular formula is C14H13N3O2S. The Kier molecular flexibility index (Phi) is 3.64. The van der Waals surface area contributed by atoms with Crippen molar-refractivity contribution in [2.24, 2.45) is 5.16 Å². The van der Waals surface area contributed by atoms with E-state index in [1.54, 1.807) is 24.7 Å². The van der Waals surface area contributed by atoms with Gasteiger partial charge in [0.1, 0.15) is 12.3 Å². The molecule has 2 heterocycles. The van der Waals surface area contributed by atoms with Gasteiger partial charge in [-0.3, -0.25) is 4.40 Å². The van der Waals surface area contributed by atoms with Crippen molar-refractivity contribution in [3.05, 3.63) is 53.2 Å². The number of ether oxygens (including phenoxy) is 1. The fourth-order valence-corrected chi connectivity index (χ4v) is 2.54. The molecule has 6 heteroatoms. The number of nitrogens with zero attached hydrogens (tertiary/aromatic N) is 3. The van der Waals surface area contributed by atoms with Gasteiger partial charge < -0.3 is 9.57 Å². The summed E-state index contributed by atoms with van der Waals surface area (Å²) in [6.07, 6.45) is 3.54. The SMILES string of the molecule is COc1nc2sccn2c1C=NOCc1ccccc1. The highest BCUT2D eigenvalue weighted by molar-refractivity contribution is 7.15. The molecule has 3 rings (SSSR count). The maximum absolute atomic E-state index is 5.29. The molecule has 0 radical (unpaired) electrons. The second-order valence-electron chi connectivity index (χ2n) is 4.06. The third-order valence-electron chi connectivity index (χ3n) is 2.78. The number of benzene rings is 1. The van der Waals surface area contributed by atoms with Crippen LogP contribution in [0.4, 0.5) is 0 Å². The summed E-state index contributed by atoms with van der Waals surface area (Å²) in [7, 11) is 1.59. The Labute approximate surface area is 120 Å². The first-order chi connectivity index (χ1) is 9.88. The third-order valence-corrected chi connectivity index (χ3v) is 3.54. The van der Waals surface area contributed by atoms with Crippen molar-refractivity contribution >= 4 is 22.5 Å². The van der Waals surface area contributed by atoms with Crippen LogP contribution in [0, 0.1) is 0 Å². The van der Waals surface area contributed by atoms with Crippen LogP contribution >= 0.6 is 11.3 Å². The molecule has 0 saturated carbocycles. The van der Waals surface area contributed by atoms with Crippen molar-refractivity contribution in [1.29, 1.82) is 0 Å². The molecule has 20 heavy (non-hydrogen) atoms. The summed E-state index contributed by atoms with van der Waals surface area (Å²) < 4.78 is 7.15. The summed E-state index contributed by atoms with van der Waals surface area (Å²) in [5.41, 5.74) is 1.85. The van der Waals surface area contributed by atoms with Crippen LogP contribution in [0.2, 0.25) is 0 Å². The highest BCUT2D eigenvalue weighted by Crippen LogP contribution is 2.21. The van der Waals surface area contributed by atoms with Crippen LogP contribution in [-0.4, -0.2) is 22.7 Å². The molecule has 0 unspecified atom stereocenters. The summed E-state index contributed by atoms with van der Waals surface area (Å²) in [4.78, 5) is 10.5. The predicted octanol–water partition coefficient (Wildman–Crippen LogP) is 2.96. The molecule has 0 N–H and O–H groups in total. The Morgan fingerprint density at radius 1 is 1.35 bits per heavy atom. The zero-order chi connectivity index (χ0) is 13.8. The van der Waals surface area contributed by atoms with Crippen molar-refractivity contribution in [3.8, 4) is 5.88 Å². The summed E-state index contributed by atoms with van der Waals surface area (Å²) in [6, 6.07) is 9.89. The Balaban J connectivity index is 1.72. The molecule has 2 aromatic heterocycles. The maximum atomic E-state index is 5.29. The minimum absolute atomic E-state index is 0.436. The molecule has 102 valence electrons. The van der Waals surface area contributed by atoms with Crippen LogP contribution in [-0.2, 0) is 11.4 Å². The molecule has 0 aliphatic heterocycles. The lowest BCUT2D eigenvalue weighted by Crippen LogP contribution is -1.94. The van der Waals surface area contributed by atoms with Crippen LogP contribution in [0.15, 0.2) is 47.1 Å². The van der Waals surface area contributed by atoms with E-state index in [4.69, 9.17) is 9.57 Å². The number of oxime groups is 1. The average Bonchev–Trinajstić information content (AvgIpc) is 3.06. The number of fused-ring (bicyclic) bond motifs is 1. The van der Waals surface area contributed by atoms with Crippen LogP contribution in [0.1, 0.15) is 11.3 Å². The second-order valence-corrected chi connectivity index (χ2v) is 4.93. The normalized spacial score (nSPS) is 11.2. The number of hydrogen-bond acceptors (Lipinski definition) is 5. The van der Waals surface area contributed by atoms with Gasteiger partial charge >= 0.3 is 0 Å². The summed E-state index contributed by atoms with van der Waals surface area (Å²) in [5, 5.41) is 5.95. The molecule has 0 aliphatic carbocycles. The standard InChI is InChI=1S/C14H13N3O2S/c1-18-13-12(17-7-8-20-14(17)16-13)9-15-19-10-11-5-3-2-4-6-11/h2-9H,10H2,1H3. The van der Waals surface area contributed by atoms with Crippen molar-refractivity contribution in [2.75, 3.05) is 7.11 Å². The van der Waals surface area contributed by atoms with Gasteiger partial charge in [-0.1, -0.05) is 35.5 Å². The number of hydrogen-bond donors (Lipinski definition) is 0. The number of methoxy groups -OCH3 is 1. The fourth-order valence-electron chi connectivity index (χ4n) is 1.82. The average molecular weight is 287 g/mol. The Bertz CT molecular complexity index is 718. The molecule has 0 spiro atoms. The molecule has 5 nitrogen and oxygen atoms in total. The van der Waals surface area contributed by atoms with Gasteiger partial charge in [0, 0.05) is 11.6 Å².